The lowest BCUT2D eigenvalue weighted by molar-refractivity contribution is -0.113. The summed E-state index contributed by atoms with van der Waals surface area (Å²) in [5, 5.41) is 9.81. The lowest BCUT2D eigenvalue weighted by Gasteiger charge is -2.06. The number of nitrogens with zero attached hydrogens (tertiary/aromatic N) is 4. The average molecular weight is 460 g/mol. The van der Waals surface area contributed by atoms with Crippen molar-refractivity contribution in [3.8, 4) is 10.6 Å². The van der Waals surface area contributed by atoms with Gasteiger partial charge in [0.1, 0.15) is 5.82 Å². The van der Waals surface area contributed by atoms with Crippen molar-refractivity contribution in [2.75, 3.05) is 11.1 Å². The first-order chi connectivity index (χ1) is 14.6. The van der Waals surface area contributed by atoms with Gasteiger partial charge in [0.15, 0.2) is 11.0 Å². The summed E-state index contributed by atoms with van der Waals surface area (Å²) in [7, 11) is 0. The highest BCUT2D eigenvalue weighted by molar-refractivity contribution is 7.99. The minimum absolute atomic E-state index is 0.139. The number of nitrogens with one attached hydrogen (secondary N) is 1. The largest absolute Gasteiger partial charge is 0.308 e. The lowest BCUT2D eigenvalue weighted by Crippen LogP contribution is -2.15. The molecule has 0 bridgehead atoms. The Morgan fingerprint density at radius 1 is 1.23 bits per heavy atom. The SMILES string of the molecule is O=C(CSc1nccc(-c2cccs2)n1)Nc1ccn(Cc2c(F)cccc2Cl)n1. The normalized spacial score (nSPS) is 10.9. The van der Waals surface area contributed by atoms with Crippen LogP contribution in [0.4, 0.5) is 10.2 Å². The van der Waals surface area contributed by atoms with Crippen LogP contribution >= 0.6 is 34.7 Å². The van der Waals surface area contributed by atoms with E-state index in [1.54, 1.807) is 41.9 Å². The van der Waals surface area contributed by atoms with Gasteiger partial charge in [0, 0.05) is 29.0 Å². The zero-order valence-electron chi connectivity index (χ0n) is 15.5. The summed E-state index contributed by atoms with van der Waals surface area (Å²) in [5.41, 5.74) is 1.17. The van der Waals surface area contributed by atoms with E-state index in [4.69, 9.17) is 11.6 Å². The molecule has 0 atom stereocenters. The minimum Gasteiger partial charge on any atom is -0.308 e. The first kappa shape index (κ1) is 20.5. The summed E-state index contributed by atoms with van der Waals surface area (Å²) < 4.78 is 15.4. The molecule has 0 aliphatic carbocycles. The molecule has 0 aliphatic heterocycles. The number of thiophene rings is 1. The highest BCUT2D eigenvalue weighted by atomic mass is 35.5. The molecule has 6 nitrogen and oxygen atoms in total. The molecule has 4 aromatic rings. The second kappa shape index (κ2) is 9.38. The Kier molecular flexibility index (Phi) is 6.41. The molecule has 0 spiro atoms. The van der Waals surface area contributed by atoms with E-state index in [0.29, 0.717) is 21.6 Å². The number of thioether (sulfide) groups is 1. The van der Waals surface area contributed by atoms with Gasteiger partial charge in [-0.15, -0.1) is 11.3 Å². The molecule has 152 valence electrons. The van der Waals surface area contributed by atoms with E-state index in [9.17, 15) is 9.18 Å². The molecule has 10 heteroatoms. The first-order valence-electron chi connectivity index (χ1n) is 8.84. The van der Waals surface area contributed by atoms with Gasteiger partial charge in [-0.3, -0.25) is 9.48 Å². The highest BCUT2D eigenvalue weighted by Gasteiger charge is 2.11. The molecule has 0 fully saturated rings. The van der Waals surface area contributed by atoms with Crippen molar-refractivity contribution in [2.24, 2.45) is 0 Å². The monoisotopic (exact) mass is 459 g/mol. The summed E-state index contributed by atoms with van der Waals surface area (Å²) in [5.74, 6) is -0.120. The summed E-state index contributed by atoms with van der Waals surface area (Å²) in [6.45, 7) is 0.166. The van der Waals surface area contributed by atoms with Gasteiger partial charge in [-0.1, -0.05) is 35.5 Å². The Morgan fingerprint density at radius 2 is 2.13 bits per heavy atom. The molecule has 3 heterocycles. The maximum Gasteiger partial charge on any atom is 0.236 e. The topological polar surface area (TPSA) is 72.7 Å². The van der Waals surface area contributed by atoms with Crippen LogP contribution in [0.25, 0.3) is 10.6 Å². The summed E-state index contributed by atoms with van der Waals surface area (Å²) in [6.07, 6.45) is 3.33. The van der Waals surface area contributed by atoms with Crippen LogP contribution in [0.5, 0.6) is 0 Å². The zero-order chi connectivity index (χ0) is 20.9. The van der Waals surface area contributed by atoms with E-state index in [-0.39, 0.29) is 18.2 Å². The number of carbonyl (C=O) groups is 1. The van der Waals surface area contributed by atoms with Crippen LogP contribution in [0.15, 0.2) is 65.4 Å². The summed E-state index contributed by atoms with van der Waals surface area (Å²) in [6, 6.07) is 11.9. The molecule has 1 amide bonds. The summed E-state index contributed by atoms with van der Waals surface area (Å²) >= 11 is 8.88. The molecular formula is C20H15ClFN5OS2. The quantitative estimate of drug-likeness (QED) is 0.312. The van der Waals surface area contributed by atoms with Gasteiger partial charge in [0.2, 0.25) is 5.91 Å². The van der Waals surface area contributed by atoms with Crippen molar-refractivity contribution in [3.05, 3.63) is 76.6 Å². The van der Waals surface area contributed by atoms with Crippen LogP contribution in [0.3, 0.4) is 0 Å². The number of hydrogen-bond acceptors (Lipinski definition) is 6. The third kappa shape index (κ3) is 5.05. The highest BCUT2D eigenvalue weighted by Crippen LogP contribution is 2.24. The van der Waals surface area contributed by atoms with E-state index in [1.807, 2.05) is 23.6 Å². The molecular weight excluding hydrogens is 445 g/mol. The molecule has 3 aromatic heterocycles. The molecule has 1 N–H and O–H groups in total. The first-order valence-corrected chi connectivity index (χ1v) is 11.1. The Morgan fingerprint density at radius 3 is 2.93 bits per heavy atom. The fourth-order valence-corrected chi connectivity index (χ4v) is 4.19. The Labute approximate surface area is 185 Å². The molecule has 0 aliphatic rings. The smallest absolute Gasteiger partial charge is 0.236 e. The van der Waals surface area contributed by atoms with Gasteiger partial charge in [0.05, 0.1) is 22.9 Å². The van der Waals surface area contributed by atoms with E-state index < -0.39 is 5.82 Å². The molecule has 30 heavy (non-hydrogen) atoms. The fourth-order valence-electron chi connectivity index (χ4n) is 2.64. The van der Waals surface area contributed by atoms with Crippen LogP contribution in [-0.2, 0) is 11.3 Å². The molecule has 0 saturated heterocycles. The van der Waals surface area contributed by atoms with E-state index in [0.717, 1.165) is 10.6 Å². The predicted octanol–water partition coefficient (Wildman–Crippen LogP) is 4.97. The van der Waals surface area contributed by atoms with Crippen LogP contribution in [0, 0.1) is 5.82 Å². The minimum atomic E-state index is -0.398. The molecule has 1 aromatic carbocycles. The number of hydrogen-bond donors (Lipinski definition) is 1. The lowest BCUT2D eigenvalue weighted by atomic mass is 10.2. The number of aromatic nitrogens is 4. The van der Waals surface area contributed by atoms with E-state index in [2.05, 4.69) is 20.4 Å². The number of benzene rings is 1. The van der Waals surface area contributed by atoms with Gasteiger partial charge < -0.3 is 5.32 Å². The number of amides is 1. The molecule has 0 radical (unpaired) electrons. The Balaban J connectivity index is 1.33. The second-order valence-corrected chi connectivity index (χ2v) is 8.43. The van der Waals surface area contributed by atoms with Crippen molar-refractivity contribution in [2.45, 2.75) is 11.7 Å². The van der Waals surface area contributed by atoms with E-state index in [1.165, 1.54) is 22.5 Å². The van der Waals surface area contributed by atoms with Gasteiger partial charge in [-0.2, -0.15) is 5.10 Å². The Hall–Kier alpha value is -2.75. The van der Waals surface area contributed by atoms with Crippen molar-refractivity contribution >= 4 is 46.4 Å². The maximum absolute atomic E-state index is 13.9. The summed E-state index contributed by atoms with van der Waals surface area (Å²) in [4.78, 5) is 22.0. The molecule has 4 rings (SSSR count). The average Bonchev–Trinajstić information content (AvgIpc) is 3.42. The van der Waals surface area contributed by atoms with Gasteiger partial charge >= 0.3 is 0 Å². The van der Waals surface area contributed by atoms with Crippen LogP contribution in [0.2, 0.25) is 5.02 Å². The van der Waals surface area contributed by atoms with Gasteiger partial charge in [-0.25, -0.2) is 14.4 Å². The van der Waals surface area contributed by atoms with Crippen LogP contribution in [-0.4, -0.2) is 31.4 Å². The second-order valence-electron chi connectivity index (χ2n) is 6.14. The van der Waals surface area contributed by atoms with Gasteiger partial charge in [0.25, 0.3) is 0 Å². The van der Waals surface area contributed by atoms with Crippen molar-refractivity contribution in [1.29, 1.82) is 0 Å². The van der Waals surface area contributed by atoms with Crippen LogP contribution in [0.1, 0.15) is 5.56 Å². The predicted molar refractivity (Wildman–Crippen MR) is 117 cm³/mol. The van der Waals surface area contributed by atoms with Crippen LogP contribution < -0.4 is 5.32 Å². The Bertz CT molecular complexity index is 1150. The number of halogens is 2. The van der Waals surface area contributed by atoms with Crippen molar-refractivity contribution in [3.63, 3.8) is 0 Å². The number of anilines is 1. The zero-order valence-corrected chi connectivity index (χ0v) is 17.8. The standard InChI is InChI=1S/C20H15ClFN5OS2/c21-14-3-1-4-15(22)13(14)11-27-9-7-18(26-27)25-19(28)12-30-20-23-8-6-16(24-20)17-5-2-10-29-17/h1-10H,11-12H2,(H,25,26,28). The fraction of sp³-hybridized carbons (Fsp3) is 0.100. The van der Waals surface area contributed by atoms with Crippen molar-refractivity contribution < 1.29 is 9.18 Å². The van der Waals surface area contributed by atoms with E-state index >= 15 is 0 Å². The molecule has 0 saturated carbocycles. The number of rotatable bonds is 7. The van der Waals surface area contributed by atoms with Crippen molar-refractivity contribution in [1.82, 2.24) is 19.7 Å². The third-order valence-electron chi connectivity index (χ3n) is 4.03. The third-order valence-corrected chi connectivity index (χ3v) is 6.14. The van der Waals surface area contributed by atoms with Gasteiger partial charge in [-0.05, 0) is 29.6 Å². The number of carbonyl (C=O) groups excluding carboxylic acids is 1. The maximum atomic E-state index is 13.9. The molecule has 0 unspecified atom stereocenters.